The second kappa shape index (κ2) is 28.1. The molecule has 0 bridgehead atoms. The Hall–Kier alpha value is -6.28. The van der Waals surface area contributed by atoms with Gasteiger partial charge in [-0.25, -0.2) is 9.97 Å². The Balaban J connectivity index is 1.27. The second-order valence-corrected chi connectivity index (χ2v) is 18.0. The summed E-state index contributed by atoms with van der Waals surface area (Å²) in [5, 5.41) is 0. The van der Waals surface area contributed by atoms with E-state index >= 15 is 0 Å². The number of aromatic nitrogens is 6. The topological polar surface area (TPSA) is 95.8 Å². The van der Waals surface area contributed by atoms with Crippen molar-refractivity contribution in [1.82, 2.24) is 29.9 Å². The van der Waals surface area contributed by atoms with E-state index in [0.29, 0.717) is 13.2 Å². The number of rotatable bonds is 30. The van der Waals surface area contributed by atoms with Crippen LogP contribution in [-0.4, -0.2) is 43.1 Å². The van der Waals surface area contributed by atoms with Crippen molar-refractivity contribution in [3.63, 3.8) is 0 Å². The minimum atomic E-state index is 0.599. The maximum Gasteiger partial charge on any atom is 0.128 e. The number of pyridine rings is 6. The molecule has 0 aliphatic rings. The van der Waals surface area contributed by atoms with E-state index in [1.165, 1.54) is 103 Å². The van der Waals surface area contributed by atoms with Crippen LogP contribution in [0, 0.1) is 0 Å². The standard InChI is InChI=1S/C60H72N6O2/c1-3-5-7-9-11-13-15-17-19-29-39-67-59-45-50(48-43-57(53-33-23-27-37-63-53)66-58(44-48)54-34-24-28-38-64-54)60(68-40-30-20-18-16-14-12-10-8-6-4-2)46-49(59)47-41-55(51-31-21-25-35-61-51)65-56(42-47)52-32-22-26-36-62-52/h21-28,31-38,41-46H,3-20,29-30,39-40H2,1-2H3. The lowest BCUT2D eigenvalue weighted by Crippen LogP contribution is -2.04. The van der Waals surface area contributed by atoms with E-state index in [1.807, 2.05) is 97.6 Å². The van der Waals surface area contributed by atoms with Crippen molar-refractivity contribution in [3.05, 3.63) is 134 Å². The summed E-state index contributed by atoms with van der Waals surface area (Å²) in [6, 6.07) is 36.6. The number of hydrogen-bond acceptors (Lipinski definition) is 8. The number of benzene rings is 1. The molecule has 1 aromatic carbocycles. The fraction of sp³-hybridized carbons (Fsp3) is 0.400. The number of unbranched alkanes of at least 4 members (excludes halogenated alkanes) is 18. The normalized spacial score (nSPS) is 11.2. The van der Waals surface area contributed by atoms with Crippen molar-refractivity contribution in [3.8, 4) is 79.3 Å². The molecule has 0 unspecified atom stereocenters. The van der Waals surface area contributed by atoms with Gasteiger partial charge in [0.15, 0.2) is 0 Å². The molecule has 0 spiro atoms. The zero-order valence-corrected chi connectivity index (χ0v) is 40.8. The van der Waals surface area contributed by atoms with Crippen molar-refractivity contribution in [1.29, 1.82) is 0 Å². The van der Waals surface area contributed by atoms with Gasteiger partial charge in [-0.15, -0.1) is 0 Å². The second-order valence-electron chi connectivity index (χ2n) is 18.0. The van der Waals surface area contributed by atoms with Crippen LogP contribution in [0.5, 0.6) is 11.5 Å². The highest BCUT2D eigenvalue weighted by atomic mass is 16.5. The molecule has 0 saturated heterocycles. The predicted molar refractivity (Wildman–Crippen MR) is 281 cm³/mol. The highest BCUT2D eigenvalue weighted by molar-refractivity contribution is 5.86. The average Bonchev–Trinajstić information content (AvgIpc) is 3.40. The molecule has 6 aromatic heterocycles. The third-order valence-electron chi connectivity index (χ3n) is 12.6. The maximum atomic E-state index is 6.97. The fourth-order valence-corrected chi connectivity index (χ4v) is 8.75. The molecule has 0 aliphatic carbocycles. The average molecular weight is 909 g/mol. The van der Waals surface area contributed by atoms with Gasteiger partial charge in [0.25, 0.3) is 0 Å². The molecule has 0 radical (unpaired) electrons. The summed E-state index contributed by atoms with van der Waals surface area (Å²) in [5.74, 6) is 1.56. The summed E-state index contributed by atoms with van der Waals surface area (Å²) in [6.45, 7) is 5.76. The summed E-state index contributed by atoms with van der Waals surface area (Å²) in [6.07, 6.45) is 32.4. The van der Waals surface area contributed by atoms with Gasteiger partial charge in [0.1, 0.15) is 11.5 Å². The van der Waals surface area contributed by atoms with Crippen LogP contribution in [-0.2, 0) is 0 Å². The van der Waals surface area contributed by atoms with Gasteiger partial charge in [0.2, 0.25) is 0 Å². The van der Waals surface area contributed by atoms with Crippen LogP contribution in [0.15, 0.2) is 134 Å². The molecule has 0 fully saturated rings. The van der Waals surface area contributed by atoms with Gasteiger partial charge in [-0.1, -0.05) is 154 Å². The van der Waals surface area contributed by atoms with E-state index < -0.39 is 0 Å². The maximum absolute atomic E-state index is 6.97. The minimum absolute atomic E-state index is 0.599. The van der Waals surface area contributed by atoms with Crippen molar-refractivity contribution < 1.29 is 9.47 Å². The molecule has 0 atom stereocenters. The predicted octanol–water partition coefficient (Wildman–Crippen LogP) is 16.7. The van der Waals surface area contributed by atoms with Crippen LogP contribution >= 0.6 is 0 Å². The van der Waals surface area contributed by atoms with Gasteiger partial charge in [-0.2, -0.15) is 0 Å². The molecule has 0 aliphatic heterocycles. The van der Waals surface area contributed by atoms with Gasteiger partial charge in [0, 0.05) is 35.9 Å². The van der Waals surface area contributed by atoms with Crippen LogP contribution in [0.1, 0.15) is 142 Å². The highest BCUT2D eigenvalue weighted by Crippen LogP contribution is 2.44. The van der Waals surface area contributed by atoms with Gasteiger partial charge in [0.05, 0.1) is 58.8 Å². The van der Waals surface area contributed by atoms with Crippen LogP contribution < -0.4 is 9.47 Å². The van der Waals surface area contributed by atoms with Crippen molar-refractivity contribution in [2.24, 2.45) is 0 Å². The summed E-state index contributed by atoms with van der Waals surface area (Å²) in [5.41, 5.74) is 9.95. The molecule has 6 heterocycles. The first kappa shape index (κ1) is 49.6. The number of hydrogen-bond donors (Lipinski definition) is 0. The first-order valence-corrected chi connectivity index (χ1v) is 25.8. The lowest BCUT2D eigenvalue weighted by Gasteiger charge is -2.20. The highest BCUT2D eigenvalue weighted by Gasteiger charge is 2.21. The Kier molecular flexibility index (Phi) is 20.5. The monoisotopic (exact) mass is 909 g/mol. The van der Waals surface area contributed by atoms with Gasteiger partial charge >= 0.3 is 0 Å². The Labute approximate surface area is 406 Å². The molecule has 354 valence electrons. The number of ether oxygens (including phenoxy) is 2. The minimum Gasteiger partial charge on any atom is -0.493 e. The Morgan fingerprint density at radius 1 is 0.309 bits per heavy atom. The zero-order chi connectivity index (χ0) is 46.9. The third-order valence-corrected chi connectivity index (χ3v) is 12.6. The summed E-state index contributed by atoms with van der Waals surface area (Å²) < 4.78 is 13.9. The summed E-state index contributed by atoms with van der Waals surface area (Å²) in [4.78, 5) is 29.1. The Morgan fingerprint density at radius 2 is 0.588 bits per heavy atom. The molecule has 7 aromatic rings. The van der Waals surface area contributed by atoms with E-state index in [4.69, 9.17) is 39.4 Å². The molecular weight excluding hydrogens is 837 g/mol. The molecule has 8 heteroatoms. The Morgan fingerprint density at radius 3 is 0.853 bits per heavy atom. The zero-order valence-electron chi connectivity index (χ0n) is 40.8. The molecule has 68 heavy (non-hydrogen) atoms. The van der Waals surface area contributed by atoms with E-state index in [0.717, 1.165) is 105 Å². The van der Waals surface area contributed by atoms with Crippen molar-refractivity contribution in [2.75, 3.05) is 13.2 Å². The van der Waals surface area contributed by atoms with E-state index in [-0.39, 0.29) is 0 Å². The summed E-state index contributed by atoms with van der Waals surface area (Å²) in [7, 11) is 0. The van der Waals surface area contributed by atoms with Crippen LogP contribution in [0.3, 0.4) is 0 Å². The van der Waals surface area contributed by atoms with Crippen LogP contribution in [0.25, 0.3) is 67.8 Å². The van der Waals surface area contributed by atoms with E-state index in [9.17, 15) is 0 Å². The lowest BCUT2D eigenvalue weighted by atomic mass is 9.95. The van der Waals surface area contributed by atoms with E-state index in [1.54, 1.807) is 0 Å². The van der Waals surface area contributed by atoms with Crippen molar-refractivity contribution >= 4 is 0 Å². The molecule has 0 amide bonds. The molecular formula is C60H72N6O2. The fourth-order valence-electron chi connectivity index (χ4n) is 8.75. The van der Waals surface area contributed by atoms with Gasteiger partial charge in [-0.05, 0) is 109 Å². The molecule has 7 rings (SSSR count). The first-order valence-electron chi connectivity index (χ1n) is 25.8. The molecule has 8 nitrogen and oxygen atoms in total. The molecule has 0 saturated carbocycles. The smallest absolute Gasteiger partial charge is 0.128 e. The van der Waals surface area contributed by atoms with Crippen LogP contribution in [0.4, 0.5) is 0 Å². The molecule has 0 N–H and O–H groups in total. The van der Waals surface area contributed by atoms with E-state index in [2.05, 4.69) is 50.2 Å². The quantitative estimate of drug-likeness (QED) is 0.0412. The Bertz CT molecular complexity index is 2210. The summed E-state index contributed by atoms with van der Waals surface area (Å²) >= 11 is 0. The SMILES string of the molecule is CCCCCCCCCCCCOc1cc(-c2cc(-c3ccccn3)nc(-c3ccccn3)c2)c(OCCCCCCCCCCCC)cc1-c1cc(-c2ccccn2)nc(-c2ccccn2)c1. The third kappa shape index (κ3) is 15.4. The van der Waals surface area contributed by atoms with Crippen molar-refractivity contribution in [2.45, 2.75) is 142 Å². The van der Waals surface area contributed by atoms with Gasteiger partial charge in [-0.3, -0.25) is 19.9 Å². The largest absolute Gasteiger partial charge is 0.493 e. The lowest BCUT2D eigenvalue weighted by molar-refractivity contribution is 0.298. The number of nitrogens with zero attached hydrogens (tertiary/aromatic N) is 6. The van der Waals surface area contributed by atoms with Crippen LogP contribution in [0.2, 0.25) is 0 Å². The van der Waals surface area contributed by atoms with Gasteiger partial charge < -0.3 is 9.47 Å². The first-order chi connectivity index (χ1) is 33.7.